The van der Waals surface area contributed by atoms with Gasteiger partial charge >= 0.3 is 5.97 Å². The Hall–Kier alpha value is -4.33. The molecule has 8 heteroatoms. The Bertz CT molecular complexity index is 1610. The highest BCUT2D eigenvalue weighted by atomic mass is 16.4. The minimum atomic E-state index is -1.06. The van der Waals surface area contributed by atoms with Crippen LogP contribution in [0.3, 0.4) is 0 Å². The van der Waals surface area contributed by atoms with Gasteiger partial charge < -0.3 is 20.2 Å². The summed E-state index contributed by atoms with van der Waals surface area (Å²) in [6.45, 7) is 0. The Balaban J connectivity index is 1.98. The first-order chi connectivity index (χ1) is 15.8. The van der Waals surface area contributed by atoms with Gasteiger partial charge in [-0.2, -0.15) is 5.10 Å². The van der Waals surface area contributed by atoms with E-state index >= 15 is 0 Å². The highest BCUT2D eigenvalue weighted by molar-refractivity contribution is 6.14. The molecule has 0 fully saturated rings. The van der Waals surface area contributed by atoms with Crippen LogP contribution in [0.25, 0.3) is 44.3 Å². The van der Waals surface area contributed by atoms with Crippen molar-refractivity contribution in [2.45, 2.75) is 0 Å². The molecule has 5 rings (SSSR count). The molecule has 0 unspecified atom stereocenters. The van der Waals surface area contributed by atoms with E-state index in [1.165, 1.54) is 0 Å². The Morgan fingerprint density at radius 1 is 1.06 bits per heavy atom. The summed E-state index contributed by atoms with van der Waals surface area (Å²) in [5.74, 6) is -0.126. The number of nitrogens with two attached hydrogens (primary N) is 1. The number of aromatic amines is 1. The highest BCUT2D eigenvalue weighted by Gasteiger charge is 2.25. The summed E-state index contributed by atoms with van der Waals surface area (Å²) in [6.07, 6.45) is 0. The van der Waals surface area contributed by atoms with Crippen LogP contribution in [-0.4, -0.2) is 49.5 Å². The van der Waals surface area contributed by atoms with Crippen molar-refractivity contribution in [3.8, 4) is 22.5 Å². The van der Waals surface area contributed by atoms with E-state index in [1.54, 1.807) is 12.1 Å². The van der Waals surface area contributed by atoms with Gasteiger partial charge in [-0.1, -0.05) is 6.07 Å². The van der Waals surface area contributed by atoms with Crippen molar-refractivity contribution < 1.29 is 14.3 Å². The number of nitrogens with zero attached hydrogens (tertiary/aromatic N) is 3. The van der Waals surface area contributed by atoms with Crippen molar-refractivity contribution in [2.75, 3.05) is 38.8 Å². The SMILES string of the molecule is CN(C)c1ccc2c(-c3ccc4c(N)n[nH]c4c3C(=O)O)c3ccc(=[N+](C)C)cc-3oc2c1. The zero-order chi connectivity index (χ0) is 23.4. The lowest BCUT2D eigenvalue weighted by molar-refractivity contribution is 0.0699. The summed E-state index contributed by atoms with van der Waals surface area (Å²) in [6, 6.07) is 15.5. The summed E-state index contributed by atoms with van der Waals surface area (Å²) in [4.78, 5) is 14.4. The number of nitrogen functional groups attached to an aromatic ring is 1. The lowest BCUT2D eigenvalue weighted by Crippen LogP contribution is -2.21. The molecule has 1 aliphatic carbocycles. The monoisotopic (exact) mass is 442 g/mol. The molecule has 33 heavy (non-hydrogen) atoms. The van der Waals surface area contributed by atoms with Crippen molar-refractivity contribution in [3.05, 3.63) is 59.5 Å². The predicted molar refractivity (Wildman–Crippen MR) is 131 cm³/mol. The van der Waals surface area contributed by atoms with Gasteiger partial charge in [0.2, 0.25) is 5.36 Å². The van der Waals surface area contributed by atoms with Crippen LogP contribution >= 0.6 is 0 Å². The number of aromatic nitrogens is 2. The van der Waals surface area contributed by atoms with E-state index in [1.807, 2.05) is 74.1 Å². The standard InChI is InChI=1S/C25H23N5O3/c1-29(2)13-5-7-15-19(11-13)33-20-12-14(30(3)4)6-8-16(20)21(15)17-9-10-18-23(22(17)25(31)32)27-28-24(18)26/h5-12H,26H2,1-4H3,(H,31,32)/p+1. The second-order valence-corrected chi connectivity index (χ2v) is 8.45. The molecule has 3 aromatic rings. The lowest BCUT2D eigenvalue weighted by atomic mass is 9.89. The summed E-state index contributed by atoms with van der Waals surface area (Å²) in [5, 5.41) is 19.4. The first-order valence-corrected chi connectivity index (χ1v) is 10.4. The maximum absolute atomic E-state index is 12.5. The predicted octanol–water partition coefficient (Wildman–Crippen LogP) is 3.46. The molecule has 0 bridgehead atoms. The number of hydrogen-bond acceptors (Lipinski definition) is 5. The molecule has 0 atom stereocenters. The third-order valence-electron chi connectivity index (χ3n) is 5.97. The van der Waals surface area contributed by atoms with Crippen LogP contribution in [0.1, 0.15) is 10.4 Å². The number of hydrogen-bond donors (Lipinski definition) is 3. The van der Waals surface area contributed by atoms with Crippen molar-refractivity contribution in [1.29, 1.82) is 0 Å². The second-order valence-electron chi connectivity index (χ2n) is 8.45. The zero-order valence-electron chi connectivity index (χ0n) is 18.8. The van der Waals surface area contributed by atoms with Gasteiger partial charge in [-0.25, -0.2) is 9.37 Å². The van der Waals surface area contributed by atoms with Crippen LogP contribution in [0.15, 0.2) is 52.9 Å². The summed E-state index contributed by atoms with van der Waals surface area (Å²) >= 11 is 0. The molecule has 0 spiro atoms. The number of carboxylic acid groups (broad SMARTS) is 1. The average molecular weight is 442 g/mol. The van der Waals surface area contributed by atoms with Crippen molar-refractivity contribution in [3.63, 3.8) is 0 Å². The fourth-order valence-electron chi connectivity index (χ4n) is 4.25. The van der Waals surface area contributed by atoms with Crippen molar-refractivity contribution >= 4 is 39.3 Å². The fourth-order valence-corrected chi connectivity index (χ4v) is 4.25. The van der Waals surface area contributed by atoms with Crippen LogP contribution in [0.4, 0.5) is 11.5 Å². The third kappa shape index (κ3) is 3.18. The summed E-state index contributed by atoms with van der Waals surface area (Å²) < 4.78 is 8.34. The van der Waals surface area contributed by atoms with E-state index < -0.39 is 5.97 Å². The molecule has 166 valence electrons. The number of benzene rings is 3. The fraction of sp³-hybridized carbons (Fsp3) is 0.160. The Morgan fingerprint density at radius 3 is 2.48 bits per heavy atom. The van der Waals surface area contributed by atoms with Crippen LogP contribution in [0.5, 0.6) is 0 Å². The molecule has 1 aromatic heterocycles. The van der Waals surface area contributed by atoms with E-state index in [0.29, 0.717) is 27.8 Å². The normalized spacial score (nSPS) is 11.4. The van der Waals surface area contributed by atoms with E-state index in [0.717, 1.165) is 27.6 Å². The molecule has 0 saturated carbocycles. The largest absolute Gasteiger partial charge is 0.478 e. The molecule has 4 N–H and O–H groups in total. The van der Waals surface area contributed by atoms with E-state index in [-0.39, 0.29) is 11.4 Å². The maximum atomic E-state index is 12.5. The third-order valence-corrected chi connectivity index (χ3v) is 5.97. The Morgan fingerprint density at radius 2 is 1.79 bits per heavy atom. The molecule has 2 heterocycles. The number of carbonyl (C=O) groups is 1. The second kappa shape index (κ2) is 7.37. The molecule has 0 saturated heterocycles. The van der Waals surface area contributed by atoms with Gasteiger partial charge in [0.05, 0.1) is 17.1 Å². The Labute approximate surface area is 189 Å². The summed E-state index contributed by atoms with van der Waals surface area (Å²) in [5.41, 5.74) is 10.3. The number of nitrogens with one attached hydrogen (secondary N) is 1. The molecule has 0 amide bonds. The van der Waals surface area contributed by atoms with Gasteiger partial charge in [-0.05, 0) is 29.8 Å². The van der Waals surface area contributed by atoms with Crippen LogP contribution < -0.4 is 20.6 Å². The lowest BCUT2D eigenvalue weighted by Gasteiger charge is -2.19. The summed E-state index contributed by atoms with van der Waals surface area (Å²) in [7, 11) is 7.86. The van der Waals surface area contributed by atoms with Gasteiger partial charge in [-0.3, -0.25) is 5.10 Å². The van der Waals surface area contributed by atoms with Gasteiger partial charge in [-0.15, -0.1) is 0 Å². The number of anilines is 2. The first-order valence-electron chi connectivity index (χ1n) is 10.4. The highest BCUT2D eigenvalue weighted by Crippen LogP contribution is 2.43. The minimum absolute atomic E-state index is 0.124. The molecule has 8 nitrogen and oxygen atoms in total. The molecular weight excluding hydrogens is 418 g/mol. The first kappa shape index (κ1) is 20.6. The maximum Gasteiger partial charge on any atom is 0.338 e. The number of fused-ring (bicyclic) bond motifs is 3. The van der Waals surface area contributed by atoms with Gasteiger partial charge in [0, 0.05) is 53.8 Å². The number of rotatable bonds is 3. The van der Waals surface area contributed by atoms with Gasteiger partial charge in [0.15, 0.2) is 5.82 Å². The molecule has 2 aromatic carbocycles. The van der Waals surface area contributed by atoms with Gasteiger partial charge in [0.1, 0.15) is 25.4 Å². The number of H-pyrrole nitrogens is 1. The minimum Gasteiger partial charge on any atom is -0.478 e. The molecule has 1 aliphatic heterocycles. The van der Waals surface area contributed by atoms with Crippen molar-refractivity contribution in [2.24, 2.45) is 0 Å². The van der Waals surface area contributed by atoms with Crippen molar-refractivity contribution in [1.82, 2.24) is 14.8 Å². The molecular formula is C25H24N5O3+. The van der Waals surface area contributed by atoms with Crippen LogP contribution in [-0.2, 0) is 0 Å². The van der Waals surface area contributed by atoms with E-state index in [9.17, 15) is 9.90 Å². The zero-order valence-corrected chi connectivity index (χ0v) is 18.8. The molecule has 0 radical (unpaired) electrons. The van der Waals surface area contributed by atoms with Gasteiger partial charge in [0.25, 0.3) is 0 Å². The number of carboxylic acids is 1. The van der Waals surface area contributed by atoms with E-state index in [4.69, 9.17) is 10.2 Å². The topological polar surface area (TPSA) is 111 Å². The average Bonchev–Trinajstić information content (AvgIpc) is 3.16. The van der Waals surface area contributed by atoms with E-state index in [2.05, 4.69) is 10.2 Å². The van der Waals surface area contributed by atoms with Crippen LogP contribution in [0.2, 0.25) is 0 Å². The smallest absolute Gasteiger partial charge is 0.338 e. The Kier molecular flexibility index (Phi) is 4.59. The quantitative estimate of drug-likeness (QED) is 0.291. The van der Waals surface area contributed by atoms with Crippen LogP contribution in [0, 0.1) is 0 Å². The molecule has 2 aliphatic rings. The number of aromatic carboxylic acids is 1.